The molecule has 0 bridgehead atoms. The van der Waals surface area contributed by atoms with Crippen molar-refractivity contribution >= 4 is 27.5 Å². The summed E-state index contributed by atoms with van der Waals surface area (Å²) in [4.78, 5) is 33.7. The first kappa shape index (κ1) is 17.9. The summed E-state index contributed by atoms with van der Waals surface area (Å²) in [6, 6.07) is 10.3. The van der Waals surface area contributed by atoms with Gasteiger partial charge < -0.3 is 4.90 Å². The van der Waals surface area contributed by atoms with Crippen molar-refractivity contribution in [3.63, 3.8) is 0 Å². The van der Waals surface area contributed by atoms with Gasteiger partial charge in [-0.05, 0) is 42.9 Å². The molecule has 0 N–H and O–H groups in total. The van der Waals surface area contributed by atoms with E-state index in [4.69, 9.17) is 0 Å². The first-order chi connectivity index (χ1) is 13.1. The van der Waals surface area contributed by atoms with E-state index in [9.17, 15) is 9.59 Å². The number of hydrogen-bond donors (Lipinski definition) is 0. The van der Waals surface area contributed by atoms with Crippen LogP contribution in [0.25, 0.3) is 10.2 Å². The summed E-state index contributed by atoms with van der Waals surface area (Å²) >= 11 is 1.54. The first-order valence-corrected chi connectivity index (χ1v) is 10.2. The highest BCUT2D eigenvalue weighted by atomic mass is 32.1. The Hall–Kier alpha value is -2.47. The van der Waals surface area contributed by atoms with Crippen LogP contribution in [-0.4, -0.2) is 27.4 Å². The molecule has 140 valence electrons. The van der Waals surface area contributed by atoms with Gasteiger partial charge in [-0.1, -0.05) is 31.2 Å². The molecule has 3 aromatic rings. The van der Waals surface area contributed by atoms with Crippen LogP contribution in [0, 0.1) is 0 Å². The predicted octanol–water partition coefficient (Wildman–Crippen LogP) is 3.56. The van der Waals surface area contributed by atoms with Gasteiger partial charge in [0.25, 0.3) is 5.56 Å². The van der Waals surface area contributed by atoms with Crippen molar-refractivity contribution in [1.29, 1.82) is 0 Å². The summed E-state index contributed by atoms with van der Waals surface area (Å²) in [5, 5.41) is 0.609. The second kappa shape index (κ2) is 7.27. The number of aromatic nitrogens is 2. The van der Waals surface area contributed by atoms with Gasteiger partial charge in [-0.3, -0.25) is 14.2 Å². The van der Waals surface area contributed by atoms with E-state index in [1.54, 1.807) is 16.2 Å². The van der Waals surface area contributed by atoms with E-state index in [1.165, 1.54) is 22.0 Å². The average molecular weight is 382 g/mol. The molecule has 2 aromatic heterocycles. The summed E-state index contributed by atoms with van der Waals surface area (Å²) < 4.78 is 1.43. The van der Waals surface area contributed by atoms with Crippen LogP contribution in [0.3, 0.4) is 0 Å². The zero-order chi connectivity index (χ0) is 19.0. The highest BCUT2D eigenvalue weighted by molar-refractivity contribution is 7.18. The van der Waals surface area contributed by atoms with Crippen LogP contribution in [0.15, 0.2) is 41.5 Å². The largest absolute Gasteiger partial charge is 0.337 e. The summed E-state index contributed by atoms with van der Waals surface area (Å²) in [5.41, 5.74) is 2.41. The van der Waals surface area contributed by atoms with Gasteiger partial charge in [-0.2, -0.15) is 0 Å². The summed E-state index contributed by atoms with van der Waals surface area (Å²) in [7, 11) is 1.84. The lowest BCUT2D eigenvalue weighted by Gasteiger charge is -2.33. The fourth-order valence-corrected chi connectivity index (χ4v) is 4.78. The quantitative estimate of drug-likeness (QED) is 0.694. The second-order valence-electron chi connectivity index (χ2n) is 7.07. The number of thiophene rings is 1. The van der Waals surface area contributed by atoms with E-state index < -0.39 is 0 Å². The summed E-state index contributed by atoms with van der Waals surface area (Å²) in [6.45, 7) is 2.08. The van der Waals surface area contributed by atoms with Gasteiger partial charge in [-0.25, -0.2) is 4.98 Å². The first-order valence-electron chi connectivity index (χ1n) is 9.39. The Labute approximate surface area is 162 Å². The molecular weight excluding hydrogens is 358 g/mol. The lowest BCUT2D eigenvalue weighted by atomic mass is 9.87. The fourth-order valence-electron chi connectivity index (χ4n) is 3.86. The van der Waals surface area contributed by atoms with E-state index in [0.29, 0.717) is 5.39 Å². The van der Waals surface area contributed by atoms with Crippen LogP contribution in [-0.2, 0) is 24.2 Å². The molecule has 0 radical (unpaired) electrons. The Bertz CT molecular complexity index is 1050. The van der Waals surface area contributed by atoms with Crippen LogP contribution >= 0.6 is 11.3 Å². The van der Waals surface area contributed by atoms with E-state index in [2.05, 4.69) is 30.1 Å². The molecule has 2 heterocycles. The Morgan fingerprint density at radius 2 is 2.19 bits per heavy atom. The Morgan fingerprint density at radius 3 is 3.00 bits per heavy atom. The second-order valence-corrected chi connectivity index (χ2v) is 8.19. The van der Waals surface area contributed by atoms with E-state index in [-0.39, 0.29) is 24.1 Å². The number of aryl methyl sites for hydroxylation is 2. The van der Waals surface area contributed by atoms with Gasteiger partial charge in [0, 0.05) is 11.9 Å². The molecule has 6 heteroatoms. The molecule has 27 heavy (non-hydrogen) atoms. The molecule has 0 spiro atoms. The van der Waals surface area contributed by atoms with Crippen molar-refractivity contribution in [1.82, 2.24) is 14.5 Å². The number of amides is 1. The van der Waals surface area contributed by atoms with Gasteiger partial charge in [0.15, 0.2) is 0 Å². The molecule has 0 fully saturated rings. The number of benzene rings is 1. The molecule has 4 rings (SSSR count). The van der Waals surface area contributed by atoms with E-state index in [1.807, 2.05) is 19.2 Å². The molecule has 1 amide bonds. The molecular formula is C21H23N3O2S. The zero-order valence-electron chi connectivity index (χ0n) is 15.6. The van der Waals surface area contributed by atoms with Gasteiger partial charge in [0.1, 0.15) is 11.4 Å². The van der Waals surface area contributed by atoms with Crippen LogP contribution < -0.4 is 5.56 Å². The van der Waals surface area contributed by atoms with Crippen molar-refractivity contribution in [2.45, 2.75) is 45.2 Å². The van der Waals surface area contributed by atoms with E-state index >= 15 is 0 Å². The zero-order valence-corrected chi connectivity index (χ0v) is 16.5. The Balaban J connectivity index is 1.58. The van der Waals surface area contributed by atoms with Crippen molar-refractivity contribution in [2.24, 2.45) is 0 Å². The topological polar surface area (TPSA) is 55.2 Å². The SMILES string of the molecule is CCc1cc2c(=O)n(CC(=O)N(C)C3CCCc4ccccc43)cnc2s1. The number of rotatable bonds is 4. The molecule has 1 aliphatic carbocycles. The van der Waals surface area contributed by atoms with Crippen LogP contribution in [0.5, 0.6) is 0 Å². The van der Waals surface area contributed by atoms with Crippen LogP contribution in [0.2, 0.25) is 0 Å². The van der Waals surface area contributed by atoms with E-state index in [0.717, 1.165) is 35.4 Å². The number of fused-ring (bicyclic) bond motifs is 2. The molecule has 1 atom stereocenters. The molecule has 0 saturated carbocycles. The third-order valence-electron chi connectivity index (χ3n) is 5.42. The molecule has 0 saturated heterocycles. The van der Waals surface area contributed by atoms with Crippen molar-refractivity contribution < 1.29 is 4.79 Å². The average Bonchev–Trinajstić information content (AvgIpc) is 3.13. The third kappa shape index (κ3) is 3.30. The standard InChI is InChI=1S/C21H23N3O2S/c1-3-15-11-17-20(27-15)22-13-24(21(17)26)12-19(25)23(2)18-10-6-8-14-7-4-5-9-16(14)18/h4-5,7,9,11,13,18H,3,6,8,10,12H2,1-2H3. The third-order valence-corrected chi connectivity index (χ3v) is 6.61. The monoisotopic (exact) mass is 381 g/mol. The molecule has 1 unspecified atom stereocenters. The minimum Gasteiger partial charge on any atom is -0.337 e. The maximum Gasteiger partial charge on any atom is 0.262 e. The highest BCUT2D eigenvalue weighted by Gasteiger charge is 2.26. The lowest BCUT2D eigenvalue weighted by molar-refractivity contribution is -0.133. The van der Waals surface area contributed by atoms with Crippen LogP contribution in [0.4, 0.5) is 0 Å². The summed E-state index contributed by atoms with van der Waals surface area (Å²) in [5.74, 6) is -0.0640. The summed E-state index contributed by atoms with van der Waals surface area (Å²) in [6.07, 6.45) is 5.47. The number of hydrogen-bond acceptors (Lipinski definition) is 4. The normalized spacial score (nSPS) is 16.3. The van der Waals surface area contributed by atoms with Crippen molar-refractivity contribution in [3.8, 4) is 0 Å². The minimum atomic E-state index is -0.137. The van der Waals surface area contributed by atoms with Gasteiger partial charge in [0.2, 0.25) is 5.91 Å². The Kier molecular flexibility index (Phi) is 4.83. The number of nitrogens with zero attached hydrogens (tertiary/aromatic N) is 3. The van der Waals surface area contributed by atoms with Crippen molar-refractivity contribution in [2.75, 3.05) is 7.05 Å². The number of carbonyl (C=O) groups is 1. The maximum atomic E-state index is 12.9. The van der Waals surface area contributed by atoms with Gasteiger partial charge in [-0.15, -0.1) is 11.3 Å². The van der Waals surface area contributed by atoms with Crippen LogP contribution in [0.1, 0.15) is 41.8 Å². The molecule has 1 aromatic carbocycles. The molecule has 0 aliphatic heterocycles. The maximum absolute atomic E-state index is 12.9. The highest BCUT2D eigenvalue weighted by Crippen LogP contribution is 2.33. The predicted molar refractivity (Wildman–Crippen MR) is 108 cm³/mol. The number of likely N-dealkylation sites (N-methyl/N-ethyl adjacent to an activating group) is 1. The molecule has 1 aliphatic rings. The lowest BCUT2D eigenvalue weighted by Crippen LogP contribution is -2.37. The number of carbonyl (C=O) groups excluding carboxylic acids is 1. The fraction of sp³-hybridized carbons (Fsp3) is 0.381. The minimum absolute atomic E-state index is 0.0221. The van der Waals surface area contributed by atoms with Gasteiger partial charge >= 0.3 is 0 Å². The van der Waals surface area contributed by atoms with Gasteiger partial charge in [0.05, 0.1) is 17.8 Å². The van der Waals surface area contributed by atoms with Crippen molar-refractivity contribution in [3.05, 3.63) is 63.0 Å². The Morgan fingerprint density at radius 1 is 1.37 bits per heavy atom. The molecule has 5 nitrogen and oxygen atoms in total. The smallest absolute Gasteiger partial charge is 0.262 e.